The Hall–Kier alpha value is -0.390. The van der Waals surface area contributed by atoms with Crippen molar-refractivity contribution in [3.8, 4) is 0 Å². The molecule has 1 rings (SSSR count). The zero-order valence-corrected chi connectivity index (χ0v) is 8.25. The average Bonchev–Trinajstić information content (AvgIpc) is 1.92. The van der Waals surface area contributed by atoms with Crippen LogP contribution in [0.25, 0.3) is 0 Å². The van der Waals surface area contributed by atoms with Gasteiger partial charge in [0.05, 0.1) is 6.42 Å². The van der Waals surface area contributed by atoms with Gasteiger partial charge in [0.1, 0.15) is 0 Å². The summed E-state index contributed by atoms with van der Waals surface area (Å²) in [5, 5.41) is 8.55. The number of hydrogen-bond donors (Lipinski definition) is 1. The molecule has 6 heteroatoms. The normalized spacial score (nSPS) is 20.2. The molecule has 1 saturated carbocycles. The van der Waals surface area contributed by atoms with E-state index < -0.39 is 16.9 Å². The Kier molecular flexibility index (Phi) is 3.34. The molecular formula is C8H11F3O2S. The minimum Gasteiger partial charge on any atom is -0.481 e. The first-order valence-electron chi connectivity index (χ1n) is 4.26. The summed E-state index contributed by atoms with van der Waals surface area (Å²) in [7, 11) is 0. The minimum atomic E-state index is -4.25. The monoisotopic (exact) mass is 228 g/mol. The Balaban J connectivity index is 2.42. The van der Waals surface area contributed by atoms with Gasteiger partial charge in [-0.2, -0.15) is 13.2 Å². The number of halogens is 3. The molecule has 82 valence electrons. The largest absolute Gasteiger partial charge is 0.481 e. The van der Waals surface area contributed by atoms with E-state index in [1.807, 2.05) is 0 Å². The van der Waals surface area contributed by atoms with Crippen molar-refractivity contribution in [2.75, 3.05) is 5.75 Å². The number of hydrogen-bond acceptors (Lipinski definition) is 2. The van der Waals surface area contributed by atoms with Crippen LogP contribution >= 0.6 is 11.8 Å². The Morgan fingerprint density at radius 3 is 2.29 bits per heavy atom. The highest BCUT2D eigenvalue weighted by atomic mass is 32.2. The third-order valence-corrected chi connectivity index (χ3v) is 3.57. The Morgan fingerprint density at radius 2 is 2.00 bits per heavy atom. The summed E-state index contributed by atoms with van der Waals surface area (Å²) in [6.45, 7) is 0. The lowest BCUT2D eigenvalue weighted by Crippen LogP contribution is -2.35. The van der Waals surface area contributed by atoms with Gasteiger partial charge in [0.25, 0.3) is 0 Å². The quantitative estimate of drug-likeness (QED) is 0.803. The summed E-state index contributed by atoms with van der Waals surface area (Å²) in [5.74, 6) is -1.13. The topological polar surface area (TPSA) is 37.3 Å². The van der Waals surface area contributed by atoms with E-state index in [0.29, 0.717) is 12.8 Å². The smallest absolute Gasteiger partial charge is 0.441 e. The van der Waals surface area contributed by atoms with Gasteiger partial charge >= 0.3 is 11.5 Å². The van der Waals surface area contributed by atoms with Crippen molar-refractivity contribution >= 4 is 17.7 Å². The SMILES string of the molecule is O=C(O)CC1(CSC(F)(F)F)CCC1. The van der Waals surface area contributed by atoms with Crippen molar-refractivity contribution in [3.05, 3.63) is 0 Å². The van der Waals surface area contributed by atoms with Gasteiger partial charge in [0, 0.05) is 5.75 Å². The highest BCUT2D eigenvalue weighted by Crippen LogP contribution is 2.48. The van der Waals surface area contributed by atoms with E-state index in [1.165, 1.54) is 0 Å². The molecule has 0 spiro atoms. The second kappa shape index (κ2) is 4.00. The molecule has 0 saturated heterocycles. The highest BCUT2D eigenvalue weighted by molar-refractivity contribution is 8.00. The number of carboxylic acids is 1. The zero-order chi connectivity index (χ0) is 10.8. The van der Waals surface area contributed by atoms with Crippen molar-refractivity contribution in [2.45, 2.75) is 31.2 Å². The van der Waals surface area contributed by atoms with Crippen molar-refractivity contribution < 1.29 is 23.1 Å². The first kappa shape index (κ1) is 11.7. The predicted molar refractivity (Wildman–Crippen MR) is 47.0 cm³/mol. The number of rotatable bonds is 4. The van der Waals surface area contributed by atoms with Gasteiger partial charge in [0.15, 0.2) is 0 Å². The number of carbonyl (C=O) groups is 1. The number of alkyl halides is 3. The molecule has 0 aromatic carbocycles. The first-order valence-corrected chi connectivity index (χ1v) is 5.24. The molecule has 0 aromatic heterocycles. The zero-order valence-electron chi connectivity index (χ0n) is 7.43. The summed E-state index contributed by atoms with van der Waals surface area (Å²) >= 11 is -0.105. The molecule has 0 unspecified atom stereocenters. The lowest BCUT2D eigenvalue weighted by atomic mass is 9.68. The molecule has 1 N–H and O–H groups in total. The Bertz CT molecular complexity index is 223. The van der Waals surface area contributed by atoms with Crippen LogP contribution in [-0.2, 0) is 4.79 Å². The summed E-state index contributed by atoms with van der Waals surface area (Å²) in [5.41, 5.74) is -4.85. The van der Waals surface area contributed by atoms with Crippen LogP contribution in [0, 0.1) is 5.41 Å². The van der Waals surface area contributed by atoms with Crippen molar-refractivity contribution in [2.24, 2.45) is 5.41 Å². The lowest BCUT2D eigenvalue weighted by Gasteiger charge is -2.40. The second-order valence-electron chi connectivity index (χ2n) is 3.66. The highest BCUT2D eigenvalue weighted by Gasteiger charge is 2.42. The van der Waals surface area contributed by atoms with Crippen LogP contribution in [0.5, 0.6) is 0 Å². The third-order valence-electron chi connectivity index (χ3n) is 2.48. The van der Waals surface area contributed by atoms with Crippen molar-refractivity contribution in [1.82, 2.24) is 0 Å². The minimum absolute atomic E-state index is 0.105. The maximum absolute atomic E-state index is 11.9. The van der Waals surface area contributed by atoms with Crippen LogP contribution in [0.15, 0.2) is 0 Å². The predicted octanol–water partition coefficient (Wildman–Crippen LogP) is 2.88. The van der Waals surface area contributed by atoms with Crippen LogP contribution in [-0.4, -0.2) is 22.3 Å². The summed E-state index contributed by atoms with van der Waals surface area (Å²) in [6, 6.07) is 0. The average molecular weight is 228 g/mol. The molecular weight excluding hydrogens is 217 g/mol. The van der Waals surface area contributed by atoms with Crippen LogP contribution in [0.3, 0.4) is 0 Å². The maximum Gasteiger partial charge on any atom is 0.441 e. The molecule has 0 atom stereocenters. The molecule has 2 nitrogen and oxygen atoms in total. The van der Waals surface area contributed by atoms with Gasteiger partial charge in [-0.05, 0) is 18.3 Å². The molecule has 0 aromatic rings. The van der Waals surface area contributed by atoms with Crippen LogP contribution < -0.4 is 0 Å². The van der Waals surface area contributed by atoms with Gasteiger partial charge in [-0.15, -0.1) is 0 Å². The molecule has 0 amide bonds. The van der Waals surface area contributed by atoms with E-state index in [2.05, 4.69) is 0 Å². The van der Waals surface area contributed by atoms with Crippen molar-refractivity contribution in [1.29, 1.82) is 0 Å². The molecule has 0 heterocycles. The van der Waals surface area contributed by atoms with Crippen LogP contribution in [0.4, 0.5) is 13.2 Å². The standard InChI is InChI=1S/C8H11F3O2S/c9-8(10,11)14-5-7(2-1-3-7)4-6(12)13/h1-5H2,(H,12,13). The fraction of sp³-hybridized carbons (Fsp3) is 0.875. The molecule has 0 radical (unpaired) electrons. The summed E-state index contributed by atoms with van der Waals surface area (Å²) in [4.78, 5) is 10.4. The third kappa shape index (κ3) is 3.40. The molecule has 14 heavy (non-hydrogen) atoms. The Morgan fingerprint density at radius 1 is 1.43 bits per heavy atom. The maximum atomic E-state index is 11.9. The molecule has 1 aliphatic rings. The number of thioether (sulfide) groups is 1. The van der Waals surface area contributed by atoms with Crippen LogP contribution in [0.1, 0.15) is 25.7 Å². The van der Waals surface area contributed by atoms with E-state index in [1.54, 1.807) is 0 Å². The van der Waals surface area contributed by atoms with Gasteiger partial charge in [-0.1, -0.05) is 18.2 Å². The van der Waals surface area contributed by atoms with Gasteiger partial charge in [0.2, 0.25) is 0 Å². The van der Waals surface area contributed by atoms with Crippen LogP contribution in [0.2, 0.25) is 0 Å². The van der Waals surface area contributed by atoms with Gasteiger partial charge in [-0.3, -0.25) is 4.79 Å². The summed E-state index contributed by atoms with van der Waals surface area (Å²) in [6.07, 6.45) is 1.90. The summed E-state index contributed by atoms with van der Waals surface area (Å²) < 4.78 is 35.7. The first-order chi connectivity index (χ1) is 6.33. The lowest BCUT2D eigenvalue weighted by molar-refractivity contribution is -0.140. The Labute approximate surface area is 83.9 Å². The van der Waals surface area contributed by atoms with E-state index in [9.17, 15) is 18.0 Å². The van der Waals surface area contributed by atoms with E-state index in [4.69, 9.17) is 5.11 Å². The van der Waals surface area contributed by atoms with E-state index >= 15 is 0 Å². The fourth-order valence-corrected chi connectivity index (χ4v) is 2.47. The molecule has 0 bridgehead atoms. The van der Waals surface area contributed by atoms with E-state index in [-0.39, 0.29) is 23.9 Å². The second-order valence-corrected chi connectivity index (χ2v) is 4.70. The fourth-order valence-electron chi connectivity index (χ4n) is 1.60. The number of aliphatic carboxylic acids is 1. The van der Waals surface area contributed by atoms with Gasteiger partial charge in [-0.25, -0.2) is 0 Å². The van der Waals surface area contributed by atoms with E-state index in [0.717, 1.165) is 6.42 Å². The number of carboxylic acid groups (broad SMARTS) is 1. The molecule has 1 aliphatic carbocycles. The van der Waals surface area contributed by atoms with Gasteiger partial charge < -0.3 is 5.11 Å². The molecule has 0 aliphatic heterocycles. The van der Waals surface area contributed by atoms with Crippen molar-refractivity contribution in [3.63, 3.8) is 0 Å². The molecule has 1 fully saturated rings.